The molecule has 1 aliphatic heterocycles. The molecule has 1 atom stereocenters. The zero-order chi connectivity index (χ0) is 11.1. The highest BCUT2D eigenvalue weighted by atomic mass is 32.2. The zero-order valence-corrected chi connectivity index (χ0v) is 11.2. The second kappa shape index (κ2) is 7.57. The Bertz CT molecular complexity index is 173. The van der Waals surface area contributed by atoms with E-state index in [0.29, 0.717) is 0 Å². The molecule has 2 aliphatic rings. The van der Waals surface area contributed by atoms with Crippen LogP contribution in [0.15, 0.2) is 0 Å². The van der Waals surface area contributed by atoms with Gasteiger partial charge in [0.2, 0.25) is 0 Å². The third-order valence-corrected chi connectivity index (χ3v) is 4.91. The van der Waals surface area contributed by atoms with Crippen molar-refractivity contribution >= 4 is 11.8 Å². The van der Waals surface area contributed by atoms with Gasteiger partial charge >= 0.3 is 0 Å². The van der Waals surface area contributed by atoms with Crippen LogP contribution in [0.3, 0.4) is 0 Å². The van der Waals surface area contributed by atoms with Crippen molar-refractivity contribution in [1.29, 1.82) is 0 Å². The fourth-order valence-corrected chi connectivity index (χ4v) is 3.75. The molecular formula is C13H26N2S. The van der Waals surface area contributed by atoms with Gasteiger partial charge in [0.15, 0.2) is 0 Å². The second-order valence-electron chi connectivity index (χ2n) is 5.16. The minimum atomic E-state index is 0.761. The molecule has 1 unspecified atom stereocenters. The van der Waals surface area contributed by atoms with Crippen molar-refractivity contribution in [2.75, 3.05) is 24.6 Å². The monoisotopic (exact) mass is 242 g/mol. The van der Waals surface area contributed by atoms with Crippen molar-refractivity contribution in [3.8, 4) is 0 Å². The van der Waals surface area contributed by atoms with Gasteiger partial charge in [-0.3, -0.25) is 0 Å². The summed E-state index contributed by atoms with van der Waals surface area (Å²) in [4.78, 5) is 0. The normalized spacial score (nSPS) is 28.9. The van der Waals surface area contributed by atoms with Crippen LogP contribution in [-0.2, 0) is 0 Å². The number of nitrogens with one attached hydrogen (secondary N) is 2. The first-order valence-electron chi connectivity index (χ1n) is 6.99. The predicted molar refractivity (Wildman–Crippen MR) is 73.2 cm³/mol. The maximum Gasteiger partial charge on any atom is 0.0170 e. The van der Waals surface area contributed by atoms with Crippen molar-refractivity contribution in [2.45, 2.75) is 57.0 Å². The summed E-state index contributed by atoms with van der Waals surface area (Å²) in [5.74, 6) is 2.61. The number of hydrogen-bond acceptors (Lipinski definition) is 3. The van der Waals surface area contributed by atoms with Crippen molar-refractivity contribution < 1.29 is 0 Å². The Morgan fingerprint density at radius 1 is 1.12 bits per heavy atom. The van der Waals surface area contributed by atoms with E-state index < -0.39 is 0 Å². The average Bonchev–Trinajstić information content (AvgIpc) is 2.59. The molecule has 1 saturated heterocycles. The van der Waals surface area contributed by atoms with Crippen LogP contribution >= 0.6 is 11.8 Å². The fourth-order valence-electron chi connectivity index (χ4n) is 2.75. The van der Waals surface area contributed by atoms with Crippen LogP contribution in [-0.4, -0.2) is 36.7 Å². The highest BCUT2D eigenvalue weighted by Crippen LogP contribution is 2.17. The van der Waals surface area contributed by atoms with Gasteiger partial charge in [-0.25, -0.2) is 0 Å². The van der Waals surface area contributed by atoms with Crippen LogP contribution in [0.1, 0.15) is 44.9 Å². The molecule has 0 aromatic carbocycles. The summed E-state index contributed by atoms with van der Waals surface area (Å²) in [6, 6.07) is 1.58. The Hall–Kier alpha value is 0.270. The summed E-state index contributed by atoms with van der Waals surface area (Å²) in [7, 11) is 0. The van der Waals surface area contributed by atoms with Crippen molar-refractivity contribution in [1.82, 2.24) is 10.6 Å². The lowest BCUT2D eigenvalue weighted by atomic mass is 10.1. The molecule has 0 amide bonds. The van der Waals surface area contributed by atoms with Crippen LogP contribution in [0.2, 0.25) is 0 Å². The van der Waals surface area contributed by atoms with Gasteiger partial charge in [0.25, 0.3) is 0 Å². The Kier molecular flexibility index (Phi) is 6.02. The molecule has 3 heteroatoms. The summed E-state index contributed by atoms with van der Waals surface area (Å²) < 4.78 is 0. The highest BCUT2D eigenvalue weighted by molar-refractivity contribution is 7.99. The van der Waals surface area contributed by atoms with E-state index in [1.165, 1.54) is 69.5 Å². The molecule has 0 radical (unpaired) electrons. The third-order valence-electron chi connectivity index (χ3n) is 3.78. The fraction of sp³-hybridized carbons (Fsp3) is 1.00. The first-order chi connectivity index (χ1) is 7.95. The Labute approximate surface area is 104 Å². The summed E-state index contributed by atoms with van der Waals surface area (Å²) >= 11 is 2.10. The second-order valence-corrected chi connectivity index (χ2v) is 6.31. The summed E-state index contributed by atoms with van der Waals surface area (Å²) in [6.07, 6.45) is 9.92. The van der Waals surface area contributed by atoms with Crippen LogP contribution in [0.5, 0.6) is 0 Å². The topological polar surface area (TPSA) is 24.1 Å². The van der Waals surface area contributed by atoms with Crippen LogP contribution < -0.4 is 10.6 Å². The third kappa shape index (κ3) is 4.64. The predicted octanol–water partition coefficient (Wildman–Crippen LogP) is 2.39. The van der Waals surface area contributed by atoms with E-state index in [-0.39, 0.29) is 0 Å². The summed E-state index contributed by atoms with van der Waals surface area (Å²) in [6.45, 7) is 2.42. The molecule has 0 aromatic rings. The van der Waals surface area contributed by atoms with E-state index in [9.17, 15) is 0 Å². The SMILES string of the molecule is C1CCCC(NCCC2CSCCN2)CC1. The van der Waals surface area contributed by atoms with E-state index >= 15 is 0 Å². The molecule has 94 valence electrons. The molecular weight excluding hydrogens is 216 g/mol. The highest BCUT2D eigenvalue weighted by Gasteiger charge is 2.14. The van der Waals surface area contributed by atoms with Crippen LogP contribution in [0, 0.1) is 0 Å². The van der Waals surface area contributed by atoms with Gasteiger partial charge in [-0.15, -0.1) is 0 Å². The molecule has 2 nitrogen and oxygen atoms in total. The number of hydrogen-bond donors (Lipinski definition) is 2. The van der Waals surface area contributed by atoms with Gasteiger partial charge in [0, 0.05) is 30.1 Å². The molecule has 0 bridgehead atoms. The average molecular weight is 242 g/mol. The van der Waals surface area contributed by atoms with E-state index in [1.807, 2.05) is 0 Å². The standard InChI is InChI=1S/C13H26N2S/c1-2-4-6-12(5-3-1)14-8-7-13-11-16-10-9-15-13/h12-15H,1-11H2. The lowest BCUT2D eigenvalue weighted by molar-refractivity contribution is 0.428. The van der Waals surface area contributed by atoms with Gasteiger partial charge in [0.1, 0.15) is 0 Å². The summed E-state index contributed by atoms with van der Waals surface area (Å²) in [5.41, 5.74) is 0. The van der Waals surface area contributed by atoms with Gasteiger partial charge in [-0.2, -0.15) is 11.8 Å². The van der Waals surface area contributed by atoms with Gasteiger partial charge in [0.05, 0.1) is 0 Å². The first-order valence-corrected chi connectivity index (χ1v) is 8.15. The van der Waals surface area contributed by atoms with Gasteiger partial charge < -0.3 is 10.6 Å². The van der Waals surface area contributed by atoms with E-state index in [0.717, 1.165) is 12.1 Å². The molecule has 2 N–H and O–H groups in total. The van der Waals surface area contributed by atoms with Crippen LogP contribution in [0.4, 0.5) is 0 Å². The molecule has 16 heavy (non-hydrogen) atoms. The quantitative estimate of drug-likeness (QED) is 0.740. The van der Waals surface area contributed by atoms with Crippen molar-refractivity contribution in [3.63, 3.8) is 0 Å². The molecule has 0 aromatic heterocycles. The zero-order valence-electron chi connectivity index (χ0n) is 10.3. The minimum absolute atomic E-state index is 0.761. The van der Waals surface area contributed by atoms with Gasteiger partial charge in [-0.1, -0.05) is 25.7 Å². The molecule has 2 fully saturated rings. The number of rotatable bonds is 4. The van der Waals surface area contributed by atoms with E-state index in [2.05, 4.69) is 22.4 Å². The maximum atomic E-state index is 3.76. The van der Waals surface area contributed by atoms with E-state index in [4.69, 9.17) is 0 Å². The molecule has 1 saturated carbocycles. The number of thioether (sulfide) groups is 1. The smallest absolute Gasteiger partial charge is 0.0170 e. The Morgan fingerprint density at radius 2 is 1.94 bits per heavy atom. The largest absolute Gasteiger partial charge is 0.314 e. The lowest BCUT2D eigenvalue weighted by Gasteiger charge is -2.24. The van der Waals surface area contributed by atoms with Crippen molar-refractivity contribution in [3.05, 3.63) is 0 Å². The van der Waals surface area contributed by atoms with E-state index in [1.54, 1.807) is 0 Å². The minimum Gasteiger partial charge on any atom is -0.314 e. The van der Waals surface area contributed by atoms with Gasteiger partial charge in [-0.05, 0) is 25.8 Å². The molecule has 2 rings (SSSR count). The molecule has 1 aliphatic carbocycles. The van der Waals surface area contributed by atoms with Crippen molar-refractivity contribution in [2.24, 2.45) is 0 Å². The molecule has 1 heterocycles. The van der Waals surface area contributed by atoms with Crippen LogP contribution in [0.25, 0.3) is 0 Å². The maximum absolute atomic E-state index is 3.76. The molecule has 0 spiro atoms. The Balaban J connectivity index is 1.55. The summed E-state index contributed by atoms with van der Waals surface area (Å²) in [5, 5.41) is 7.37. The Morgan fingerprint density at radius 3 is 2.62 bits per heavy atom. The first kappa shape index (κ1) is 12.7. The lowest BCUT2D eigenvalue weighted by Crippen LogP contribution is -2.40.